The summed E-state index contributed by atoms with van der Waals surface area (Å²) in [7, 11) is 1.73. The van der Waals surface area contributed by atoms with E-state index in [2.05, 4.69) is 0 Å². The predicted octanol–water partition coefficient (Wildman–Crippen LogP) is 1.84. The first-order valence-corrected chi connectivity index (χ1v) is 5.30. The molecule has 0 spiro atoms. The second kappa shape index (κ2) is 3.50. The number of thioether (sulfide) groups is 1. The molecule has 14 heavy (non-hydrogen) atoms. The average molecular weight is 206 g/mol. The second-order valence-electron chi connectivity index (χ2n) is 3.52. The van der Waals surface area contributed by atoms with Gasteiger partial charge in [0.2, 0.25) is 0 Å². The van der Waals surface area contributed by atoms with Crippen LogP contribution in [-0.4, -0.2) is 4.57 Å². The maximum absolute atomic E-state index is 11.5. The number of pyridine rings is 1. The van der Waals surface area contributed by atoms with Crippen LogP contribution in [0.4, 0.5) is 0 Å². The zero-order valence-corrected chi connectivity index (χ0v) is 8.67. The zero-order valence-electron chi connectivity index (χ0n) is 7.86. The Labute approximate surface area is 86.4 Å². The van der Waals surface area contributed by atoms with E-state index in [9.17, 15) is 4.79 Å². The number of hydrogen-bond donors (Lipinski definition) is 0. The van der Waals surface area contributed by atoms with Crippen molar-refractivity contribution in [2.45, 2.75) is 23.7 Å². The normalized spacial score (nSPS) is 15.1. The molecule has 0 aromatic carbocycles. The Morgan fingerprint density at radius 1 is 1.64 bits per heavy atom. The van der Waals surface area contributed by atoms with Crippen molar-refractivity contribution in [3.63, 3.8) is 0 Å². The Bertz CT molecular complexity index is 454. The summed E-state index contributed by atoms with van der Waals surface area (Å²) in [5.41, 5.74) is 1.10. The number of thiocyanates is 1. The molecule has 1 fully saturated rings. The van der Waals surface area contributed by atoms with Gasteiger partial charge in [0.25, 0.3) is 5.56 Å². The number of aryl methyl sites for hydroxylation is 1. The van der Waals surface area contributed by atoms with E-state index in [0.717, 1.165) is 11.8 Å². The quantitative estimate of drug-likeness (QED) is 0.548. The van der Waals surface area contributed by atoms with Crippen LogP contribution in [0.15, 0.2) is 22.0 Å². The highest BCUT2D eigenvalue weighted by atomic mass is 32.2. The minimum atomic E-state index is -0.0825. The third-order valence-corrected chi connectivity index (χ3v) is 2.98. The molecule has 1 heterocycles. The summed E-state index contributed by atoms with van der Waals surface area (Å²) < 4.78 is 1.56. The summed E-state index contributed by atoms with van der Waals surface area (Å²) in [5, 5.41) is 10.5. The maximum Gasteiger partial charge on any atom is 0.265 e. The van der Waals surface area contributed by atoms with Crippen molar-refractivity contribution in [1.29, 1.82) is 5.26 Å². The third kappa shape index (κ3) is 1.68. The van der Waals surface area contributed by atoms with Gasteiger partial charge in [-0.1, -0.05) is 0 Å². The molecule has 4 heteroatoms. The number of aromatic nitrogens is 1. The fourth-order valence-electron chi connectivity index (χ4n) is 1.47. The summed E-state index contributed by atoms with van der Waals surface area (Å²) >= 11 is 0.948. The number of hydrogen-bond acceptors (Lipinski definition) is 3. The highest BCUT2D eigenvalue weighted by molar-refractivity contribution is 8.03. The minimum Gasteiger partial charge on any atom is -0.317 e. The molecule has 1 aromatic rings. The lowest BCUT2D eigenvalue weighted by Gasteiger charge is -2.04. The van der Waals surface area contributed by atoms with Crippen LogP contribution in [0, 0.1) is 10.7 Å². The van der Waals surface area contributed by atoms with Gasteiger partial charge in [-0.05, 0) is 42.2 Å². The molecule has 3 nitrogen and oxygen atoms in total. The van der Waals surface area contributed by atoms with Crippen LogP contribution in [0.2, 0.25) is 0 Å². The maximum atomic E-state index is 11.5. The van der Waals surface area contributed by atoms with Crippen LogP contribution >= 0.6 is 11.8 Å². The van der Waals surface area contributed by atoms with Crippen molar-refractivity contribution < 1.29 is 0 Å². The van der Waals surface area contributed by atoms with Crippen molar-refractivity contribution in [3.05, 3.63) is 28.2 Å². The molecule has 2 rings (SSSR count). The Morgan fingerprint density at radius 2 is 2.36 bits per heavy atom. The lowest BCUT2D eigenvalue weighted by molar-refractivity contribution is 0.812. The van der Waals surface area contributed by atoms with Gasteiger partial charge in [0.1, 0.15) is 5.40 Å². The number of nitriles is 1. The van der Waals surface area contributed by atoms with Crippen molar-refractivity contribution >= 4 is 11.8 Å². The summed E-state index contributed by atoms with van der Waals surface area (Å²) in [6.07, 6.45) is 4.28. The molecule has 0 aliphatic heterocycles. The zero-order chi connectivity index (χ0) is 10.1. The van der Waals surface area contributed by atoms with Crippen LogP contribution in [0.25, 0.3) is 0 Å². The Balaban J connectivity index is 2.47. The van der Waals surface area contributed by atoms with Gasteiger partial charge in [-0.25, -0.2) is 0 Å². The van der Waals surface area contributed by atoms with E-state index in [1.54, 1.807) is 11.6 Å². The van der Waals surface area contributed by atoms with Gasteiger partial charge >= 0.3 is 0 Å². The summed E-state index contributed by atoms with van der Waals surface area (Å²) in [6, 6.07) is 1.86. The molecule has 0 saturated heterocycles. The van der Waals surface area contributed by atoms with Crippen LogP contribution in [0.1, 0.15) is 24.3 Å². The minimum absolute atomic E-state index is 0.0825. The molecule has 1 aromatic heterocycles. The smallest absolute Gasteiger partial charge is 0.265 e. The first-order valence-electron chi connectivity index (χ1n) is 4.49. The van der Waals surface area contributed by atoms with Crippen LogP contribution in [0.5, 0.6) is 0 Å². The van der Waals surface area contributed by atoms with Crippen LogP contribution < -0.4 is 5.56 Å². The molecule has 0 radical (unpaired) electrons. The molecule has 0 bridgehead atoms. The highest BCUT2D eigenvalue weighted by Crippen LogP contribution is 2.40. The molecular weight excluding hydrogens is 196 g/mol. The van der Waals surface area contributed by atoms with E-state index in [4.69, 9.17) is 5.26 Å². The predicted molar refractivity (Wildman–Crippen MR) is 55.1 cm³/mol. The van der Waals surface area contributed by atoms with E-state index in [0.29, 0.717) is 10.8 Å². The average Bonchev–Trinajstić information content (AvgIpc) is 2.96. The SMILES string of the molecule is Cn1cc(C2CC2)cc(SC#N)c1=O. The molecule has 1 saturated carbocycles. The largest absolute Gasteiger partial charge is 0.317 e. The van der Waals surface area contributed by atoms with E-state index >= 15 is 0 Å². The standard InChI is InChI=1S/C10H10N2OS/c1-12-5-8(7-2-3-7)4-9(10(12)13)14-6-11/h4-5,7H,2-3H2,1H3. The summed E-state index contributed by atoms with van der Waals surface area (Å²) in [5.74, 6) is 0.611. The molecule has 1 aliphatic rings. The van der Waals surface area contributed by atoms with Gasteiger partial charge in [0.05, 0.1) is 4.90 Å². The fraction of sp³-hybridized carbons (Fsp3) is 0.400. The van der Waals surface area contributed by atoms with E-state index < -0.39 is 0 Å². The lowest BCUT2D eigenvalue weighted by atomic mass is 10.2. The van der Waals surface area contributed by atoms with Crippen LogP contribution in [0.3, 0.4) is 0 Å². The Morgan fingerprint density at radius 3 is 2.93 bits per heavy atom. The summed E-state index contributed by atoms with van der Waals surface area (Å²) in [6.45, 7) is 0. The topological polar surface area (TPSA) is 45.8 Å². The van der Waals surface area contributed by atoms with E-state index in [1.807, 2.05) is 17.7 Å². The molecule has 0 unspecified atom stereocenters. The molecule has 0 N–H and O–H groups in total. The summed E-state index contributed by atoms with van der Waals surface area (Å²) in [4.78, 5) is 12.1. The second-order valence-corrected chi connectivity index (χ2v) is 4.35. The number of nitrogens with zero attached hydrogens (tertiary/aromatic N) is 2. The van der Waals surface area contributed by atoms with Crippen molar-refractivity contribution in [1.82, 2.24) is 4.57 Å². The third-order valence-electron chi connectivity index (χ3n) is 2.38. The van der Waals surface area contributed by atoms with Gasteiger partial charge in [0.15, 0.2) is 0 Å². The van der Waals surface area contributed by atoms with Gasteiger partial charge in [-0.2, -0.15) is 5.26 Å². The first-order chi connectivity index (χ1) is 6.72. The first kappa shape index (κ1) is 9.35. The van der Waals surface area contributed by atoms with E-state index in [1.165, 1.54) is 18.4 Å². The molecule has 0 amide bonds. The van der Waals surface area contributed by atoms with Crippen molar-refractivity contribution in [2.75, 3.05) is 0 Å². The fourth-order valence-corrected chi connectivity index (χ4v) is 1.99. The molecular formula is C10H10N2OS. The van der Waals surface area contributed by atoms with E-state index in [-0.39, 0.29) is 5.56 Å². The highest BCUT2D eigenvalue weighted by Gasteiger charge is 2.24. The Hall–Kier alpha value is -1.21. The van der Waals surface area contributed by atoms with Crippen LogP contribution in [-0.2, 0) is 7.05 Å². The Kier molecular flexibility index (Phi) is 2.34. The van der Waals surface area contributed by atoms with Gasteiger partial charge in [-0.3, -0.25) is 4.79 Å². The number of rotatable bonds is 2. The monoisotopic (exact) mass is 206 g/mol. The lowest BCUT2D eigenvalue weighted by Crippen LogP contribution is -2.18. The van der Waals surface area contributed by atoms with Gasteiger partial charge < -0.3 is 4.57 Å². The molecule has 72 valence electrons. The molecule has 1 aliphatic carbocycles. The van der Waals surface area contributed by atoms with Crippen molar-refractivity contribution in [3.8, 4) is 5.40 Å². The van der Waals surface area contributed by atoms with Gasteiger partial charge in [-0.15, -0.1) is 0 Å². The van der Waals surface area contributed by atoms with Crippen molar-refractivity contribution in [2.24, 2.45) is 7.05 Å². The molecule has 0 atom stereocenters. The van der Waals surface area contributed by atoms with Gasteiger partial charge in [0, 0.05) is 13.2 Å².